The summed E-state index contributed by atoms with van der Waals surface area (Å²) in [6, 6.07) is 0.737. The van der Waals surface area contributed by atoms with Crippen LogP contribution in [0.3, 0.4) is 0 Å². The Kier molecular flexibility index (Phi) is 58.8. The molecule has 23 nitrogen and oxygen atoms in total. The lowest BCUT2D eigenvalue weighted by atomic mass is 9.92. The molecule has 9 aliphatic heterocycles. The highest BCUT2D eigenvalue weighted by Gasteiger charge is 2.26. The van der Waals surface area contributed by atoms with E-state index in [1.807, 2.05) is 4.90 Å². The third kappa shape index (κ3) is 73.5. The Morgan fingerprint density at radius 2 is 0.525 bits per heavy atom. The molecule has 9 saturated heterocycles. The van der Waals surface area contributed by atoms with Crippen LogP contribution >= 0.6 is 0 Å². The lowest BCUT2D eigenvalue weighted by Crippen LogP contribution is -2.49. The molecule has 0 aliphatic carbocycles. The minimum Gasteiger partial charge on any atom is -0.379 e. The van der Waals surface area contributed by atoms with Crippen LogP contribution in [0.25, 0.3) is 0 Å². The summed E-state index contributed by atoms with van der Waals surface area (Å²) in [5, 5.41) is 3.65. The number of hydrogen-bond donors (Lipinski definition) is 1. The number of likely N-dealkylation sites (N-methyl/N-ethyl adjacent to an activating group) is 4. The van der Waals surface area contributed by atoms with Gasteiger partial charge in [-0.15, -0.1) is 0 Å². The maximum absolute atomic E-state index is 11.1. The molecule has 0 aromatic carbocycles. The van der Waals surface area contributed by atoms with Crippen molar-refractivity contribution in [2.45, 2.75) is 290 Å². The molecule has 0 unspecified atom stereocenters. The van der Waals surface area contributed by atoms with Gasteiger partial charge in [-0.3, -0.25) is 24.4 Å². The molecule has 0 saturated carbocycles. The van der Waals surface area contributed by atoms with Crippen molar-refractivity contribution < 1.29 is 38.0 Å². The zero-order valence-corrected chi connectivity index (χ0v) is 86.2. The molecule has 9 aliphatic rings. The molecule has 9 fully saturated rings. The molecule has 0 aromatic rings. The van der Waals surface area contributed by atoms with Gasteiger partial charge in [0.25, 0.3) is 0 Å². The van der Waals surface area contributed by atoms with E-state index in [1.165, 1.54) is 208 Å². The van der Waals surface area contributed by atoms with Gasteiger partial charge in [-0.2, -0.15) is 0 Å². The number of carbonyl (C=O) groups excluding carboxylic acids is 1. The Morgan fingerprint density at radius 1 is 0.292 bits per heavy atom. The fourth-order valence-corrected chi connectivity index (χ4v) is 14.2. The van der Waals surface area contributed by atoms with Gasteiger partial charge in [-0.25, -0.2) is 0 Å². The summed E-state index contributed by atoms with van der Waals surface area (Å²) in [5.41, 5.74) is 1.27. The van der Waals surface area contributed by atoms with E-state index in [0.29, 0.717) is 10.8 Å². The van der Waals surface area contributed by atoms with Crippen LogP contribution in [0.15, 0.2) is 0 Å². The van der Waals surface area contributed by atoms with Crippen LogP contribution < -0.4 is 5.32 Å². The van der Waals surface area contributed by atoms with Gasteiger partial charge in [0.05, 0.1) is 86.5 Å². The van der Waals surface area contributed by atoms with E-state index in [-0.39, 0.29) is 45.1 Å². The maximum atomic E-state index is 11.1. The summed E-state index contributed by atoms with van der Waals surface area (Å²) in [7, 11) is 13.2. The number of amides is 1. The number of hydrogen-bond acceptors (Lipinski definition) is 22. The molecular formula is C97H207N15O8. The van der Waals surface area contributed by atoms with E-state index in [0.717, 1.165) is 137 Å². The van der Waals surface area contributed by atoms with Crippen molar-refractivity contribution in [2.75, 3.05) is 324 Å². The van der Waals surface area contributed by atoms with Gasteiger partial charge in [-0.1, -0.05) is 41.5 Å². The Balaban J connectivity index is 0.000000676. The molecule has 9 heterocycles. The average Bonchev–Trinajstić information content (AvgIpc) is 1.08. The first-order chi connectivity index (χ1) is 55.4. The lowest BCUT2D eigenvalue weighted by Gasteiger charge is -2.34. The molecule has 0 radical (unpaired) electrons. The highest BCUT2D eigenvalue weighted by molar-refractivity contribution is 5.73. The topological polar surface area (TPSA) is 139 Å². The van der Waals surface area contributed by atoms with E-state index < -0.39 is 0 Å². The number of nitrogens with one attached hydrogen (secondary N) is 1. The summed E-state index contributed by atoms with van der Waals surface area (Å²) in [4.78, 5) is 44.8. The molecule has 0 bridgehead atoms. The number of morpholine rings is 1. The van der Waals surface area contributed by atoms with Gasteiger partial charge in [0.2, 0.25) is 5.91 Å². The SMILES string of the molecule is CC(=O)N1CCN(CCOC(C)(C)C)CC1.CC(C)(C)OCCN1CCCC1.CC(C)(C)OCCN1CCOCC1.CN1CCC(COC(C)(C)C)CC1.CN1CCC(NC(C)(C)C)CC1.CN1CCN(CCC(C)(C)C)CC1.CN1CCN(CCC(C)(C)C)CC1.CN1CCN(CCOC(C)(C)C)CC1.CN1CCN(CCOC(C)(C)C)CC1. The molecule has 23 heteroatoms. The monoisotopic (exact) mass is 1710 g/mol. The van der Waals surface area contributed by atoms with Crippen LogP contribution in [-0.4, -0.2) is 444 Å². The predicted octanol–water partition coefficient (Wildman–Crippen LogP) is 13.0. The molecule has 0 spiro atoms. The summed E-state index contributed by atoms with van der Waals surface area (Å²) >= 11 is 0. The Hall–Kier alpha value is -1.37. The first-order valence-electron chi connectivity index (χ1n) is 48.0. The largest absolute Gasteiger partial charge is 0.379 e. The van der Waals surface area contributed by atoms with Crippen molar-refractivity contribution in [3.63, 3.8) is 0 Å². The maximum Gasteiger partial charge on any atom is 0.219 e. The van der Waals surface area contributed by atoms with Crippen LogP contribution in [0.5, 0.6) is 0 Å². The number of rotatable bonds is 22. The normalized spacial score (nSPS) is 21.3. The first-order valence-corrected chi connectivity index (χ1v) is 48.0. The molecule has 120 heavy (non-hydrogen) atoms. The summed E-state index contributed by atoms with van der Waals surface area (Å²) < 4.78 is 39.4. The van der Waals surface area contributed by atoms with Gasteiger partial charge >= 0.3 is 0 Å². The molecule has 9 rings (SSSR count). The lowest BCUT2D eigenvalue weighted by molar-refractivity contribution is -0.130. The van der Waals surface area contributed by atoms with E-state index in [9.17, 15) is 4.79 Å². The smallest absolute Gasteiger partial charge is 0.219 e. The van der Waals surface area contributed by atoms with Gasteiger partial charge in [0, 0.05) is 195 Å². The average molecular weight is 1710 g/mol. The molecule has 0 atom stereocenters. The third-order valence-corrected chi connectivity index (χ3v) is 22.5. The minimum atomic E-state index is -0.0544. The number of nitrogens with zero attached hydrogens (tertiary/aromatic N) is 14. The highest BCUT2D eigenvalue weighted by atomic mass is 16.5. The predicted molar refractivity (Wildman–Crippen MR) is 513 cm³/mol. The standard InChI is InChI=1S/C12H24N2O2.2C11H24N2O.2C11H24N2.C11H23NO.C10H22N2.C10H21NO2.C10H21NO/c1-11(15)14-7-5-13(6-8-14)9-10-16-12(2,3)4;2*1-11(2,3)14-10-9-13-7-5-12(4)6-8-13;2*1-11(2,3)5-6-13-9-7-12(4)8-10-13;1-11(2,3)13-9-10-5-7-12(4)8-6-10;1-10(2,3)11-9-5-7-12(4)8-6-9;1-10(2,3)13-9-6-11-4-7-12-8-5-11;1-10(2,3)12-9-8-11-6-4-5-7-11/h5-10H2,1-4H3;2*5-10H2,1-4H3;2*5-10H2,1-4H3;10H,5-9H2,1-4H3;9,11H,5-8H2,1-4H3;4-9H2,1-3H3;4-9H2,1-3H3. The highest BCUT2D eigenvalue weighted by Crippen LogP contribution is 2.23. The molecule has 0 aromatic heterocycles. The Labute approximate surface area is 745 Å². The van der Waals surface area contributed by atoms with Gasteiger partial charge in [-0.05, 0) is 308 Å². The van der Waals surface area contributed by atoms with Crippen LogP contribution in [0.1, 0.15) is 245 Å². The van der Waals surface area contributed by atoms with E-state index in [4.69, 9.17) is 33.2 Å². The third-order valence-electron chi connectivity index (χ3n) is 22.5. The van der Waals surface area contributed by atoms with Gasteiger partial charge in [0.15, 0.2) is 0 Å². The Morgan fingerprint density at radius 3 is 0.775 bits per heavy atom. The van der Waals surface area contributed by atoms with E-state index >= 15 is 0 Å². The number of likely N-dealkylation sites (tertiary alicyclic amines) is 3. The van der Waals surface area contributed by atoms with Crippen molar-refractivity contribution in [1.29, 1.82) is 0 Å². The van der Waals surface area contributed by atoms with Crippen LogP contribution in [0, 0.1) is 16.7 Å². The van der Waals surface area contributed by atoms with Gasteiger partial charge < -0.3 is 87.5 Å². The number of piperazine rings is 5. The van der Waals surface area contributed by atoms with Crippen molar-refractivity contribution in [3.05, 3.63) is 0 Å². The van der Waals surface area contributed by atoms with Crippen LogP contribution in [0.2, 0.25) is 0 Å². The fourth-order valence-electron chi connectivity index (χ4n) is 14.2. The van der Waals surface area contributed by atoms with Crippen LogP contribution in [0.4, 0.5) is 0 Å². The van der Waals surface area contributed by atoms with Gasteiger partial charge in [0.1, 0.15) is 0 Å². The van der Waals surface area contributed by atoms with E-state index in [2.05, 4.69) is 298 Å². The van der Waals surface area contributed by atoms with Crippen molar-refractivity contribution in [3.8, 4) is 0 Å². The van der Waals surface area contributed by atoms with Crippen molar-refractivity contribution in [2.24, 2.45) is 16.7 Å². The van der Waals surface area contributed by atoms with Crippen molar-refractivity contribution in [1.82, 2.24) is 73.9 Å². The number of ether oxygens (including phenoxy) is 7. The first kappa shape index (κ1) is 117. The summed E-state index contributed by atoms with van der Waals surface area (Å²) in [6.07, 6.45) is 10.6. The fraction of sp³-hybridized carbons (Fsp3) is 0.990. The molecule has 1 amide bonds. The minimum absolute atomic E-state index is 0.00653. The second-order valence-corrected chi connectivity index (χ2v) is 45.5. The molecular weight excluding hydrogens is 1500 g/mol. The summed E-state index contributed by atoms with van der Waals surface area (Å²) in [6.45, 7) is 108. The summed E-state index contributed by atoms with van der Waals surface area (Å²) in [5.74, 6) is 0.973. The quantitative estimate of drug-likeness (QED) is 0.110. The van der Waals surface area contributed by atoms with Crippen molar-refractivity contribution >= 4 is 5.91 Å². The second-order valence-electron chi connectivity index (χ2n) is 45.5. The molecule has 1 N–H and O–H groups in total. The zero-order chi connectivity index (χ0) is 91.0. The number of carbonyl (C=O) groups is 1. The van der Waals surface area contributed by atoms with E-state index in [1.54, 1.807) is 6.92 Å². The number of piperidine rings is 2. The second kappa shape index (κ2) is 60.5. The van der Waals surface area contributed by atoms with Crippen LogP contribution in [-0.2, 0) is 38.0 Å². The Bertz CT molecular complexity index is 2290. The molecule has 718 valence electrons. The zero-order valence-electron chi connectivity index (χ0n) is 86.2.